The molecule has 0 atom stereocenters. The Hall–Kier alpha value is -3.94. The molecule has 0 aliphatic heterocycles. The highest BCUT2D eigenvalue weighted by atomic mass is 16.5. The van der Waals surface area contributed by atoms with Gasteiger partial charge in [-0.25, -0.2) is 9.78 Å². The Morgan fingerprint density at radius 1 is 0.897 bits per heavy atom. The maximum Gasteiger partial charge on any atom is 0.338 e. The van der Waals surface area contributed by atoms with Gasteiger partial charge in [-0.05, 0) is 61.5 Å². The number of anilines is 5. The zero-order valence-electron chi connectivity index (χ0n) is 16.1. The fraction of sp³-hybridized carbons (Fsp3) is 0.143. The van der Waals surface area contributed by atoms with Gasteiger partial charge in [-0.15, -0.1) is 0 Å². The molecule has 3 N–H and O–H groups in total. The molecule has 0 aliphatic rings. The minimum Gasteiger partial charge on any atom is -0.462 e. The molecule has 0 radical (unpaired) electrons. The molecule has 1 aromatic heterocycles. The zero-order chi connectivity index (χ0) is 20.6. The summed E-state index contributed by atoms with van der Waals surface area (Å²) in [7, 11) is 0. The summed E-state index contributed by atoms with van der Waals surface area (Å²) in [5.74, 6) is 0.546. The lowest BCUT2D eigenvalue weighted by molar-refractivity contribution is -0.114. The van der Waals surface area contributed by atoms with Crippen LogP contribution >= 0.6 is 0 Å². The van der Waals surface area contributed by atoms with E-state index >= 15 is 0 Å². The van der Waals surface area contributed by atoms with Crippen molar-refractivity contribution in [2.24, 2.45) is 0 Å². The third-order valence-electron chi connectivity index (χ3n) is 3.79. The molecule has 0 saturated carbocycles. The number of ether oxygens (including phenoxy) is 1. The Labute approximate surface area is 168 Å². The van der Waals surface area contributed by atoms with E-state index in [1.807, 2.05) is 12.1 Å². The number of rotatable bonds is 7. The molecule has 3 aromatic rings. The summed E-state index contributed by atoms with van der Waals surface area (Å²) in [4.78, 5) is 31.4. The van der Waals surface area contributed by atoms with E-state index in [4.69, 9.17) is 4.74 Å². The molecule has 8 heteroatoms. The maximum atomic E-state index is 11.7. The molecule has 148 valence electrons. The highest BCUT2D eigenvalue weighted by molar-refractivity contribution is 5.90. The van der Waals surface area contributed by atoms with Crippen molar-refractivity contribution in [3.63, 3.8) is 0 Å². The molecule has 2 aromatic carbocycles. The van der Waals surface area contributed by atoms with Gasteiger partial charge in [0.15, 0.2) is 0 Å². The van der Waals surface area contributed by atoms with E-state index in [-0.39, 0.29) is 11.9 Å². The van der Waals surface area contributed by atoms with Gasteiger partial charge in [-0.1, -0.05) is 0 Å². The minimum atomic E-state index is -0.356. The van der Waals surface area contributed by atoms with Crippen LogP contribution in [0.3, 0.4) is 0 Å². The summed E-state index contributed by atoms with van der Waals surface area (Å²) in [6.45, 7) is 3.57. The summed E-state index contributed by atoms with van der Waals surface area (Å²) in [5, 5.41) is 9.00. The van der Waals surface area contributed by atoms with E-state index in [9.17, 15) is 9.59 Å². The summed E-state index contributed by atoms with van der Waals surface area (Å²) in [5.41, 5.74) is 2.77. The molecular formula is C21H21N5O3. The normalized spacial score (nSPS) is 10.1. The van der Waals surface area contributed by atoms with Crippen LogP contribution in [0.5, 0.6) is 0 Å². The number of nitrogens with zero attached hydrogens (tertiary/aromatic N) is 2. The van der Waals surface area contributed by atoms with E-state index < -0.39 is 0 Å². The Bertz CT molecular complexity index is 988. The van der Waals surface area contributed by atoms with Gasteiger partial charge in [0.05, 0.1) is 12.2 Å². The van der Waals surface area contributed by atoms with Gasteiger partial charge in [0.1, 0.15) is 5.82 Å². The van der Waals surface area contributed by atoms with Crippen molar-refractivity contribution in [2.75, 3.05) is 22.6 Å². The molecule has 1 heterocycles. The number of carbonyl (C=O) groups is 2. The van der Waals surface area contributed by atoms with Crippen molar-refractivity contribution in [1.82, 2.24) is 9.97 Å². The first-order valence-electron chi connectivity index (χ1n) is 9.05. The number of carbonyl (C=O) groups excluding carboxylic acids is 2. The lowest BCUT2D eigenvalue weighted by Crippen LogP contribution is -2.05. The third kappa shape index (κ3) is 5.77. The van der Waals surface area contributed by atoms with Gasteiger partial charge < -0.3 is 20.7 Å². The lowest BCUT2D eigenvalue weighted by atomic mass is 10.2. The topological polar surface area (TPSA) is 105 Å². The first-order valence-corrected chi connectivity index (χ1v) is 9.05. The van der Waals surface area contributed by atoms with Crippen LogP contribution in [-0.4, -0.2) is 28.5 Å². The number of esters is 1. The van der Waals surface area contributed by atoms with Crippen LogP contribution in [0.1, 0.15) is 24.2 Å². The van der Waals surface area contributed by atoms with E-state index in [0.29, 0.717) is 23.9 Å². The average molecular weight is 391 g/mol. The molecule has 0 saturated heterocycles. The summed E-state index contributed by atoms with van der Waals surface area (Å²) in [6, 6.07) is 15.9. The van der Waals surface area contributed by atoms with Crippen molar-refractivity contribution in [2.45, 2.75) is 13.8 Å². The summed E-state index contributed by atoms with van der Waals surface area (Å²) >= 11 is 0. The molecule has 29 heavy (non-hydrogen) atoms. The number of amides is 1. The van der Waals surface area contributed by atoms with Gasteiger partial charge in [0.25, 0.3) is 0 Å². The predicted octanol–water partition coefficient (Wildman–Crippen LogP) is 4.10. The Morgan fingerprint density at radius 2 is 1.52 bits per heavy atom. The van der Waals surface area contributed by atoms with Crippen LogP contribution < -0.4 is 16.0 Å². The molecule has 8 nitrogen and oxygen atoms in total. The largest absolute Gasteiger partial charge is 0.462 e. The summed E-state index contributed by atoms with van der Waals surface area (Å²) < 4.78 is 4.97. The smallest absolute Gasteiger partial charge is 0.338 e. The molecule has 0 aliphatic carbocycles. The van der Waals surface area contributed by atoms with Gasteiger partial charge in [-0.2, -0.15) is 4.98 Å². The van der Waals surface area contributed by atoms with Crippen LogP contribution in [0, 0.1) is 0 Å². The van der Waals surface area contributed by atoms with E-state index in [2.05, 4.69) is 25.9 Å². The highest BCUT2D eigenvalue weighted by Crippen LogP contribution is 2.20. The molecule has 0 bridgehead atoms. The van der Waals surface area contributed by atoms with Crippen molar-refractivity contribution in [1.29, 1.82) is 0 Å². The fourth-order valence-electron chi connectivity index (χ4n) is 2.51. The fourth-order valence-corrected chi connectivity index (χ4v) is 2.51. The number of benzene rings is 2. The molecule has 0 spiro atoms. The highest BCUT2D eigenvalue weighted by Gasteiger charge is 2.06. The van der Waals surface area contributed by atoms with Crippen LogP contribution in [-0.2, 0) is 9.53 Å². The second-order valence-electron chi connectivity index (χ2n) is 6.07. The minimum absolute atomic E-state index is 0.118. The molecular weight excluding hydrogens is 370 g/mol. The van der Waals surface area contributed by atoms with E-state index in [1.54, 1.807) is 55.6 Å². The SMILES string of the molecule is CCOC(=O)c1ccc(Nc2nccc(Nc3ccc(NC(C)=O)cc3)n2)cc1. The predicted molar refractivity (Wildman–Crippen MR) is 112 cm³/mol. The van der Waals surface area contributed by atoms with E-state index in [1.165, 1.54) is 6.92 Å². The average Bonchev–Trinajstić information content (AvgIpc) is 2.70. The van der Waals surface area contributed by atoms with Gasteiger partial charge in [-0.3, -0.25) is 4.79 Å². The molecule has 3 rings (SSSR count). The van der Waals surface area contributed by atoms with Crippen LogP contribution in [0.2, 0.25) is 0 Å². The third-order valence-corrected chi connectivity index (χ3v) is 3.79. The molecule has 0 unspecified atom stereocenters. The van der Waals surface area contributed by atoms with E-state index in [0.717, 1.165) is 17.1 Å². The quantitative estimate of drug-likeness (QED) is 0.521. The Balaban J connectivity index is 1.65. The number of hydrogen-bond acceptors (Lipinski definition) is 7. The molecule has 1 amide bonds. The maximum absolute atomic E-state index is 11.7. The monoisotopic (exact) mass is 391 g/mol. The van der Waals surface area contributed by atoms with Crippen molar-refractivity contribution in [3.05, 3.63) is 66.4 Å². The summed E-state index contributed by atoms with van der Waals surface area (Å²) in [6.07, 6.45) is 1.64. The van der Waals surface area contributed by atoms with Crippen molar-refractivity contribution in [3.8, 4) is 0 Å². The number of hydrogen-bond donors (Lipinski definition) is 3. The first kappa shape index (κ1) is 19.8. The van der Waals surface area contributed by atoms with Crippen LogP contribution in [0.25, 0.3) is 0 Å². The second kappa shape index (κ2) is 9.32. The lowest BCUT2D eigenvalue weighted by Gasteiger charge is -2.10. The Kier molecular flexibility index (Phi) is 6.36. The first-order chi connectivity index (χ1) is 14.0. The molecule has 0 fully saturated rings. The second-order valence-corrected chi connectivity index (χ2v) is 6.07. The van der Waals surface area contributed by atoms with Gasteiger partial charge in [0.2, 0.25) is 11.9 Å². The van der Waals surface area contributed by atoms with Crippen LogP contribution in [0.15, 0.2) is 60.8 Å². The van der Waals surface area contributed by atoms with Gasteiger partial charge >= 0.3 is 5.97 Å². The van der Waals surface area contributed by atoms with Crippen LogP contribution in [0.4, 0.5) is 28.8 Å². The standard InChI is InChI=1S/C21H21N5O3/c1-3-29-20(28)15-4-6-18(7-5-15)25-21-22-13-12-19(26-21)24-17-10-8-16(9-11-17)23-14(2)27/h4-13H,3H2,1-2H3,(H,23,27)(H2,22,24,25,26). The number of nitrogens with one attached hydrogen (secondary N) is 3. The van der Waals surface area contributed by atoms with Crippen molar-refractivity contribution < 1.29 is 14.3 Å². The van der Waals surface area contributed by atoms with Crippen molar-refractivity contribution >= 4 is 40.7 Å². The van der Waals surface area contributed by atoms with Gasteiger partial charge in [0, 0.05) is 30.2 Å². The Morgan fingerprint density at radius 3 is 2.17 bits per heavy atom. The number of aromatic nitrogens is 2. The zero-order valence-corrected chi connectivity index (χ0v) is 16.1.